The van der Waals surface area contributed by atoms with E-state index in [1.807, 2.05) is 4.90 Å². The van der Waals surface area contributed by atoms with Crippen molar-refractivity contribution < 1.29 is 9.18 Å². The largest absolute Gasteiger partial charge is 0.341 e. The summed E-state index contributed by atoms with van der Waals surface area (Å²) in [5.41, 5.74) is 0. The van der Waals surface area contributed by atoms with Gasteiger partial charge in [-0.25, -0.2) is 4.39 Å². The summed E-state index contributed by atoms with van der Waals surface area (Å²) in [6.45, 7) is 6.13. The van der Waals surface area contributed by atoms with Crippen molar-refractivity contribution in [3.05, 3.63) is 30.1 Å². The highest BCUT2D eigenvalue weighted by Gasteiger charge is 2.25. The smallest absolute Gasteiger partial charge is 0.232 e. The molecule has 1 amide bonds. The minimum atomic E-state index is -0.241. The van der Waals surface area contributed by atoms with Crippen molar-refractivity contribution >= 4 is 17.7 Å². The van der Waals surface area contributed by atoms with Crippen LogP contribution in [0.5, 0.6) is 0 Å². The number of benzene rings is 1. The van der Waals surface area contributed by atoms with Gasteiger partial charge in [-0.3, -0.25) is 4.79 Å². The second-order valence-corrected chi connectivity index (χ2v) is 6.54. The average Bonchev–Trinajstić information content (AvgIpc) is 2.36. The Morgan fingerprint density at radius 3 is 2.42 bits per heavy atom. The summed E-state index contributed by atoms with van der Waals surface area (Å²) in [6, 6.07) is 6.29. The van der Waals surface area contributed by atoms with Crippen LogP contribution < -0.4 is 0 Å². The van der Waals surface area contributed by atoms with Gasteiger partial charge in [0.25, 0.3) is 0 Å². The zero-order valence-electron chi connectivity index (χ0n) is 11.4. The number of amides is 1. The molecular formula is C15H20FNOS. The molecule has 0 radical (unpaired) electrons. The van der Waals surface area contributed by atoms with Crippen LogP contribution in [-0.2, 0) is 4.79 Å². The summed E-state index contributed by atoms with van der Waals surface area (Å²) in [6.07, 6.45) is 1.20. The lowest BCUT2D eigenvalue weighted by molar-refractivity contribution is -0.130. The molecule has 0 aliphatic carbocycles. The summed E-state index contributed by atoms with van der Waals surface area (Å²) < 4.78 is 12.8. The fourth-order valence-corrected chi connectivity index (χ4v) is 3.44. The molecule has 1 aliphatic heterocycles. The molecule has 104 valence electrons. The molecule has 2 atom stereocenters. The van der Waals surface area contributed by atoms with Crippen LogP contribution in [0.3, 0.4) is 0 Å². The quantitative estimate of drug-likeness (QED) is 0.791. The lowest BCUT2D eigenvalue weighted by atomic mass is 9.92. The molecule has 0 bridgehead atoms. The fourth-order valence-electron chi connectivity index (χ4n) is 2.63. The van der Waals surface area contributed by atoms with E-state index in [2.05, 4.69) is 13.8 Å². The van der Waals surface area contributed by atoms with Gasteiger partial charge < -0.3 is 4.90 Å². The van der Waals surface area contributed by atoms with Crippen LogP contribution in [0.2, 0.25) is 0 Å². The van der Waals surface area contributed by atoms with Crippen LogP contribution in [0.25, 0.3) is 0 Å². The highest BCUT2D eigenvalue weighted by atomic mass is 32.2. The minimum absolute atomic E-state index is 0.188. The number of halogens is 1. The van der Waals surface area contributed by atoms with E-state index in [1.165, 1.54) is 30.3 Å². The van der Waals surface area contributed by atoms with Crippen molar-refractivity contribution in [1.29, 1.82) is 0 Å². The molecule has 0 spiro atoms. The molecule has 1 aliphatic rings. The number of carbonyl (C=O) groups excluding carboxylic acids is 1. The number of carbonyl (C=O) groups is 1. The van der Waals surface area contributed by atoms with Gasteiger partial charge in [-0.15, -0.1) is 11.8 Å². The summed E-state index contributed by atoms with van der Waals surface area (Å²) in [4.78, 5) is 15.1. The van der Waals surface area contributed by atoms with E-state index in [0.717, 1.165) is 18.0 Å². The number of piperidine rings is 1. The van der Waals surface area contributed by atoms with E-state index >= 15 is 0 Å². The summed E-state index contributed by atoms with van der Waals surface area (Å²) in [5, 5.41) is 0. The maximum Gasteiger partial charge on any atom is 0.232 e. The number of thioether (sulfide) groups is 1. The lowest BCUT2D eigenvalue weighted by Crippen LogP contribution is -2.43. The van der Waals surface area contributed by atoms with E-state index in [0.29, 0.717) is 17.6 Å². The van der Waals surface area contributed by atoms with Crippen LogP contribution in [0.1, 0.15) is 20.3 Å². The van der Waals surface area contributed by atoms with Gasteiger partial charge in [-0.1, -0.05) is 13.8 Å². The van der Waals surface area contributed by atoms with Crippen LogP contribution in [0, 0.1) is 17.7 Å². The predicted octanol–water partition coefficient (Wildman–Crippen LogP) is 3.42. The number of hydrogen-bond acceptors (Lipinski definition) is 2. The van der Waals surface area contributed by atoms with E-state index in [1.54, 1.807) is 12.1 Å². The Morgan fingerprint density at radius 2 is 1.84 bits per heavy atom. The molecule has 0 aromatic heterocycles. The monoisotopic (exact) mass is 281 g/mol. The molecule has 1 saturated heterocycles. The maximum atomic E-state index is 12.8. The molecule has 19 heavy (non-hydrogen) atoms. The van der Waals surface area contributed by atoms with E-state index in [-0.39, 0.29) is 11.7 Å². The summed E-state index contributed by atoms with van der Waals surface area (Å²) in [5.74, 6) is 1.56. The van der Waals surface area contributed by atoms with Crippen LogP contribution >= 0.6 is 11.8 Å². The van der Waals surface area contributed by atoms with Gasteiger partial charge in [0.05, 0.1) is 5.75 Å². The molecule has 2 unspecified atom stereocenters. The number of likely N-dealkylation sites (tertiary alicyclic amines) is 1. The maximum absolute atomic E-state index is 12.8. The molecule has 2 nitrogen and oxygen atoms in total. The fraction of sp³-hybridized carbons (Fsp3) is 0.533. The minimum Gasteiger partial charge on any atom is -0.341 e. The van der Waals surface area contributed by atoms with Crippen molar-refractivity contribution in [3.8, 4) is 0 Å². The van der Waals surface area contributed by atoms with Gasteiger partial charge >= 0.3 is 0 Å². The van der Waals surface area contributed by atoms with Crippen molar-refractivity contribution in [2.24, 2.45) is 11.8 Å². The van der Waals surface area contributed by atoms with Crippen molar-refractivity contribution in [2.75, 3.05) is 18.8 Å². The average molecular weight is 281 g/mol. The van der Waals surface area contributed by atoms with Gasteiger partial charge in [-0.2, -0.15) is 0 Å². The van der Waals surface area contributed by atoms with Gasteiger partial charge in [0.15, 0.2) is 0 Å². The number of nitrogens with zero attached hydrogens (tertiary/aromatic N) is 1. The zero-order chi connectivity index (χ0) is 13.8. The van der Waals surface area contributed by atoms with Gasteiger partial charge in [-0.05, 0) is 42.5 Å². The third kappa shape index (κ3) is 4.23. The van der Waals surface area contributed by atoms with Gasteiger partial charge in [0.2, 0.25) is 5.91 Å². The second kappa shape index (κ2) is 6.42. The number of rotatable bonds is 3. The standard InChI is InChI=1S/C15H20FNOS/c1-11-7-12(2)9-17(8-11)15(18)10-19-14-5-3-13(16)4-6-14/h3-6,11-12H,7-10H2,1-2H3. The Bertz CT molecular complexity index is 424. The third-order valence-corrected chi connectivity index (χ3v) is 4.39. The van der Waals surface area contributed by atoms with Crippen molar-refractivity contribution in [1.82, 2.24) is 4.90 Å². The molecule has 0 N–H and O–H groups in total. The second-order valence-electron chi connectivity index (χ2n) is 5.49. The highest BCUT2D eigenvalue weighted by molar-refractivity contribution is 8.00. The molecule has 0 saturated carbocycles. The van der Waals surface area contributed by atoms with Crippen LogP contribution in [-0.4, -0.2) is 29.6 Å². The Labute approximate surface area is 118 Å². The Morgan fingerprint density at radius 1 is 1.26 bits per heavy atom. The first kappa shape index (κ1) is 14.4. The van der Waals surface area contributed by atoms with E-state index < -0.39 is 0 Å². The SMILES string of the molecule is CC1CC(C)CN(C(=O)CSc2ccc(F)cc2)C1. The van der Waals surface area contributed by atoms with Crippen molar-refractivity contribution in [3.63, 3.8) is 0 Å². The zero-order valence-corrected chi connectivity index (χ0v) is 12.3. The normalized spacial score (nSPS) is 23.4. The topological polar surface area (TPSA) is 20.3 Å². The highest BCUT2D eigenvalue weighted by Crippen LogP contribution is 2.23. The van der Waals surface area contributed by atoms with E-state index in [4.69, 9.17) is 0 Å². The van der Waals surface area contributed by atoms with Gasteiger partial charge in [0, 0.05) is 18.0 Å². The molecular weight excluding hydrogens is 261 g/mol. The van der Waals surface area contributed by atoms with Crippen LogP contribution in [0.4, 0.5) is 4.39 Å². The summed E-state index contributed by atoms with van der Waals surface area (Å²) in [7, 11) is 0. The lowest BCUT2D eigenvalue weighted by Gasteiger charge is -2.35. The Kier molecular flexibility index (Phi) is 4.86. The Balaban J connectivity index is 1.85. The predicted molar refractivity (Wildman–Crippen MR) is 76.6 cm³/mol. The molecule has 1 heterocycles. The molecule has 4 heteroatoms. The molecule has 1 aromatic carbocycles. The first-order chi connectivity index (χ1) is 9.04. The molecule has 2 rings (SSSR count). The van der Waals surface area contributed by atoms with Gasteiger partial charge in [0.1, 0.15) is 5.82 Å². The first-order valence-electron chi connectivity index (χ1n) is 6.70. The molecule has 1 fully saturated rings. The van der Waals surface area contributed by atoms with Crippen molar-refractivity contribution in [2.45, 2.75) is 25.2 Å². The Hall–Kier alpha value is -1.03. The number of hydrogen-bond donors (Lipinski definition) is 0. The molecule has 1 aromatic rings. The third-order valence-electron chi connectivity index (χ3n) is 3.40. The first-order valence-corrected chi connectivity index (χ1v) is 7.69. The summed E-state index contributed by atoms with van der Waals surface area (Å²) >= 11 is 1.48. The van der Waals surface area contributed by atoms with E-state index in [9.17, 15) is 9.18 Å². The van der Waals surface area contributed by atoms with Crippen LogP contribution in [0.15, 0.2) is 29.2 Å².